The molecule has 0 saturated heterocycles. The molecule has 0 unspecified atom stereocenters. The quantitative estimate of drug-likeness (QED) is 0.772. The van der Waals surface area contributed by atoms with Crippen molar-refractivity contribution in [2.45, 2.75) is 45.7 Å². The van der Waals surface area contributed by atoms with Crippen LogP contribution >= 0.6 is 0 Å². The van der Waals surface area contributed by atoms with Crippen molar-refractivity contribution in [2.24, 2.45) is 0 Å². The molecule has 1 aliphatic carbocycles. The van der Waals surface area contributed by atoms with Crippen molar-refractivity contribution in [3.05, 3.63) is 17.0 Å². The summed E-state index contributed by atoms with van der Waals surface area (Å²) >= 11 is 0. The number of nitrogens with one attached hydrogen (secondary N) is 1. The Kier molecular flexibility index (Phi) is 1.91. The summed E-state index contributed by atoms with van der Waals surface area (Å²) in [5.74, 6) is 0.939. The number of aromatic nitrogens is 1. The Morgan fingerprint density at radius 3 is 2.62 bits per heavy atom. The maximum Gasteiger partial charge on any atom is 0.138 e. The highest BCUT2D eigenvalue weighted by atomic mass is 16.5. The van der Waals surface area contributed by atoms with Crippen molar-refractivity contribution in [3.8, 4) is 0 Å². The first kappa shape index (κ1) is 8.75. The molecule has 0 spiro atoms. The van der Waals surface area contributed by atoms with E-state index >= 15 is 0 Å². The van der Waals surface area contributed by atoms with E-state index in [4.69, 9.17) is 4.52 Å². The lowest BCUT2D eigenvalue weighted by atomic mass is 10.2. The maximum absolute atomic E-state index is 5.09. The molecule has 1 aromatic rings. The summed E-state index contributed by atoms with van der Waals surface area (Å²) in [4.78, 5) is 0. The van der Waals surface area contributed by atoms with Gasteiger partial charge in [-0.25, -0.2) is 0 Å². The summed E-state index contributed by atoms with van der Waals surface area (Å²) in [6.45, 7) is 7.10. The van der Waals surface area contributed by atoms with Gasteiger partial charge in [0.25, 0.3) is 0 Å². The number of hydrogen-bond acceptors (Lipinski definition) is 3. The monoisotopic (exact) mass is 180 g/mol. The van der Waals surface area contributed by atoms with Crippen LogP contribution in [0.15, 0.2) is 4.52 Å². The van der Waals surface area contributed by atoms with Crippen molar-refractivity contribution in [2.75, 3.05) is 0 Å². The minimum absolute atomic E-state index is 0.385. The summed E-state index contributed by atoms with van der Waals surface area (Å²) in [5.41, 5.74) is 2.61. The summed E-state index contributed by atoms with van der Waals surface area (Å²) in [5, 5.41) is 7.44. The van der Waals surface area contributed by atoms with Gasteiger partial charge in [-0.05, 0) is 33.6 Å². The predicted molar refractivity (Wildman–Crippen MR) is 50.5 cm³/mol. The molecule has 1 N–H and O–H groups in total. The number of rotatable bonds is 3. The molecule has 0 amide bonds. The van der Waals surface area contributed by atoms with Gasteiger partial charge >= 0.3 is 0 Å². The highest BCUT2D eigenvalue weighted by molar-refractivity contribution is 5.21. The van der Waals surface area contributed by atoms with Gasteiger partial charge in [0.05, 0.1) is 5.69 Å². The van der Waals surface area contributed by atoms with Crippen LogP contribution in [0.25, 0.3) is 0 Å². The van der Waals surface area contributed by atoms with Crippen molar-refractivity contribution >= 4 is 0 Å². The molecule has 1 heterocycles. The molecule has 0 aliphatic heterocycles. The summed E-state index contributed by atoms with van der Waals surface area (Å²) in [7, 11) is 0. The van der Waals surface area contributed by atoms with E-state index in [9.17, 15) is 0 Å². The molecule has 1 aliphatic rings. The smallest absolute Gasteiger partial charge is 0.138 e. The standard InChI is InChI=1S/C10H16N2O/c1-7-9(8(2)13-12-7)6-11-10(3)4-5-10/h11H,4-6H2,1-3H3. The molecule has 0 radical (unpaired) electrons. The van der Waals surface area contributed by atoms with Crippen LogP contribution in [0, 0.1) is 13.8 Å². The normalized spacial score (nSPS) is 19.0. The van der Waals surface area contributed by atoms with E-state index in [2.05, 4.69) is 17.4 Å². The van der Waals surface area contributed by atoms with E-state index < -0.39 is 0 Å². The zero-order chi connectivity index (χ0) is 9.47. The molecule has 1 saturated carbocycles. The van der Waals surface area contributed by atoms with Gasteiger partial charge in [-0.2, -0.15) is 0 Å². The molecule has 1 aromatic heterocycles. The molecule has 0 bridgehead atoms. The molecular formula is C10H16N2O. The van der Waals surface area contributed by atoms with E-state index in [1.807, 2.05) is 13.8 Å². The zero-order valence-corrected chi connectivity index (χ0v) is 8.48. The second-order valence-corrected chi connectivity index (χ2v) is 4.22. The second-order valence-electron chi connectivity index (χ2n) is 4.22. The van der Waals surface area contributed by atoms with Crippen molar-refractivity contribution in [1.82, 2.24) is 10.5 Å². The first-order valence-corrected chi connectivity index (χ1v) is 4.77. The predicted octanol–water partition coefficient (Wildman–Crippen LogP) is 1.93. The Labute approximate surface area is 78.5 Å². The molecular weight excluding hydrogens is 164 g/mol. The summed E-state index contributed by atoms with van der Waals surface area (Å²) in [6, 6.07) is 0. The van der Waals surface area contributed by atoms with E-state index in [0.29, 0.717) is 5.54 Å². The van der Waals surface area contributed by atoms with Crippen LogP contribution in [0.3, 0.4) is 0 Å². The molecule has 72 valence electrons. The summed E-state index contributed by atoms with van der Waals surface area (Å²) in [6.07, 6.45) is 2.58. The molecule has 1 fully saturated rings. The Morgan fingerprint density at radius 1 is 1.46 bits per heavy atom. The highest BCUT2D eigenvalue weighted by Gasteiger charge is 2.36. The van der Waals surface area contributed by atoms with Gasteiger partial charge in [0.1, 0.15) is 5.76 Å². The third kappa shape index (κ3) is 1.75. The van der Waals surface area contributed by atoms with E-state index in [0.717, 1.165) is 18.0 Å². The van der Waals surface area contributed by atoms with Crippen LogP contribution in [-0.2, 0) is 6.54 Å². The minimum Gasteiger partial charge on any atom is -0.361 e. The molecule has 13 heavy (non-hydrogen) atoms. The largest absolute Gasteiger partial charge is 0.361 e. The van der Waals surface area contributed by atoms with Crippen molar-refractivity contribution in [1.29, 1.82) is 0 Å². The van der Waals surface area contributed by atoms with Crippen molar-refractivity contribution in [3.63, 3.8) is 0 Å². The minimum atomic E-state index is 0.385. The van der Waals surface area contributed by atoms with Crippen LogP contribution < -0.4 is 5.32 Å². The molecule has 0 aromatic carbocycles. The lowest BCUT2D eigenvalue weighted by Gasteiger charge is -2.10. The van der Waals surface area contributed by atoms with Gasteiger partial charge in [-0.3, -0.25) is 0 Å². The fourth-order valence-electron chi connectivity index (χ4n) is 1.42. The van der Waals surface area contributed by atoms with Crippen LogP contribution in [0.2, 0.25) is 0 Å². The Hall–Kier alpha value is -0.830. The lowest BCUT2D eigenvalue weighted by molar-refractivity contribution is 0.391. The number of aryl methyl sites for hydroxylation is 2. The SMILES string of the molecule is Cc1noc(C)c1CNC1(C)CC1. The van der Waals surface area contributed by atoms with Gasteiger partial charge < -0.3 is 9.84 Å². The molecule has 3 nitrogen and oxygen atoms in total. The van der Waals surface area contributed by atoms with Crippen LogP contribution in [-0.4, -0.2) is 10.7 Å². The first-order valence-electron chi connectivity index (χ1n) is 4.77. The Balaban J connectivity index is 2.00. The van der Waals surface area contributed by atoms with Gasteiger partial charge in [-0.15, -0.1) is 0 Å². The van der Waals surface area contributed by atoms with Crippen LogP contribution in [0.5, 0.6) is 0 Å². The first-order chi connectivity index (χ1) is 6.11. The van der Waals surface area contributed by atoms with E-state index in [-0.39, 0.29) is 0 Å². The van der Waals surface area contributed by atoms with E-state index in [1.54, 1.807) is 0 Å². The van der Waals surface area contributed by atoms with Crippen LogP contribution in [0.1, 0.15) is 36.8 Å². The third-order valence-corrected chi connectivity index (χ3v) is 2.87. The molecule has 0 atom stereocenters. The maximum atomic E-state index is 5.09. The fraction of sp³-hybridized carbons (Fsp3) is 0.700. The lowest BCUT2D eigenvalue weighted by Crippen LogP contribution is -2.27. The average Bonchev–Trinajstić information content (AvgIpc) is 2.72. The summed E-state index contributed by atoms with van der Waals surface area (Å²) < 4.78 is 5.09. The fourth-order valence-corrected chi connectivity index (χ4v) is 1.42. The van der Waals surface area contributed by atoms with Gasteiger partial charge in [0, 0.05) is 17.6 Å². The van der Waals surface area contributed by atoms with Gasteiger partial charge in [0.15, 0.2) is 0 Å². The molecule has 2 rings (SSSR count). The Morgan fingerprint density at radius 2 is 2.15 bits per heavy atom. The zero-order valence-electron chi connectivity index (χ0n) is 8.48. The average molecular weight is 180 g/mol. The third-order valence-electron chi connectivity index (χ3n) is 2.87. The Bertz CT molecular complexity index is 293. The van der Waals surface area contributed by atoms with Gasteiger partial charge in [-0.1, -0.05) is 5.16 Å². The van der Waals surface area contributed by atoms with Gasteiger partial charge in [0.2, 0.25) is 0 Å². The highest BCUT2D eigenvalue weighted by Crippen LogP contribution is 2.34. The van der Waals surface area contributed by atoms with E-state index in [1.165, 1.54) is 18.4 Å². The van der Waals surface area contributed by atoms with Crippen molar-refractivity contribution < 1.29 is 4.52 Å². The second kappa shape index (κ2) is 2.84. The number of hydrogen-bond donors (Lipinski definition) is 1. The van der Waals surface area contributed by atoms with Crippen LogP contribution in [0.4, 0.5) is 0 Å². The number of nitrogens with zero attached hydrogens (tertiary/aromatic N) is 1. The topological polar surface area (TPSA) is 38.1 Å². The molecule has 3 heteroatoms.